The van der Waals surface area contributed by atoms with E-state index in [0.29, 0.717) is 33.0 Å². The summed E-state index contributed by atoms with van der Waals surface area (Å²) in [5, 5.41) is 3.95. The van der Waals surface area contributed by atoms with E-state index in [2.05, 4.69) is 10.0 Å². The van der Waals surface area contributed by atoms with Crippen LogP contribution in [-0.2, 0) is 19.6 Å². The highest BCUT2D eigenvalue weighted by molar-refractivity contribution is 7.89. The first-order valence-corrected chi connectivity index (χ1v) is 16.5. The molecule has 9 nitrogen and oxygen atoms in total. The summed E-state index contributed by atoms with van der Waals surface area (Å²) >= 11 is 6.38. The number of aryl methyl sites for hydroxylation is 1. The molecule has 0 spiro atoms. The predicted molar refractivity (Wildman–Crippen MR) is 176 cm³/mol. The van der Waals surface area contributed by atoms with Crippen LogP contribution in [0, 0.1) is 12.8 Å². The summed E-state index contributed by atoms with van der Waals surface area (Å²) in [7, 11) is -4.00. The number of esters is 1. The molecule has 1 amide bonds. The number of hydrogen-bond acceptors (Lipinski definition) is 7. The van der Waals surface area contributed by atoms with Gasteiger partial charge in [0.15, 0.2) is 5.76 Å². The highest BCUT2D eigenvalue weighted by Gasteiger charge is 2.32. The number of nitrogens with one attached hydrogen (secondary N) is 2. The maximum Gasteiger partial charge on any atom is 0.324 e. The van der Waals surface area contributed by atoms with Crippen molar-refractivity contribution in [3.63, 3.8) is 0 Å². The van der Waals surface area contributed by atoms with Crippen LogP contribution in [0.25, 0.3) is 22.1 Å². The number of furan rings is 1. The van der Waals surface area contributed by atoms with Gasteiger partial charge < -0.3 is 19.2 Å². The topological polar surface area (TPSA) is 124 Å². The Hall–Kier alpha value is -3.86. The smallest absolute Gasteiger partial charge is 0.324 e. The second-order valence-electron chi connectivity index (χ2n) is 12.4. The van der Waals surface area contributed by atoms with Crippen molar-refractivity contribution in [1.29, 1.82) is 0 Å². The number of halogens is 1. The van der Waals surface area contributed by atoms with Crippen molar-refractivity contribution >= 4 is 50.2 Å². The van der Waals surface area contributed by atoms with E-state index in [1.54, 1.807) is 77.9 Å². The molecule has 0 aliphatic carbocycles. The normalized spacial score (nSPS) is 12.9. The van der Waals surface area contributed by atoms with E-state index in [-0.39, 0.29) is 22.7 Å². The van der Waals surface area contributed by atoms with Crippen molar-refractivity contribution < 1.29 is 31.9 Å². The van der Waals surface area contributed by atoms with Crippen molar-refractivity contribution in [2.45, 2.75) is 78.0 Å². The fourth-order valence-electron chi connectivity index (χ4n) is 4.66. The molecule has 45 heavy (non-hydrogen) atoms. The first kappa shape index (κ1) is 34.0. The van der Waals surface area contributed by atoms with Crippen molar-refractivity contribution in [2.75, 3.05) is 5.32 Å². The number of carbonyl (C=O) groups is 2. The Morgan fingerprint density at radius 1 is 0.889 bits per heavy atom. The predicted octanol–water partition coefficient (Wildman–Crippen LogP) is 7.75. The summed E-state index contributed by atoms with van der Waals surface area (Å²) in [6.07, 6.45) is -0.114. The van der Waals surface area contributed by atoms with Gasteiger partial charge in [0, 0.05) is 11.3 Å². The minimum Gasteiger partial charge on any atom is -0.489 e. The summed E-state index contributed by atoms with van der Waals surface area (Å²) in [6, 6.07) is 15.8. The number of amides is 1. The Morgan fingerprint density at radius 3 is 2.00 bits per heavy atom. The zero-order valence-electron chi connectivity index (χ0n) is 26.6. The highest BCUT2D eigenvalue weighted by atomic mass is 35.5. The van der Waals surface area contributed by atoms with Gasteiger partial charge in [-0.3, -0.25) is 9.59 Å². The van der Waals surface area contributed by atoms with Crippen LogP contribution in [0.2, 0.25) is 5.02 Å². The fourth-order valence-corrected chi connectivity index (χ4v) is 6.20. The van der Waals surface area contributed by atoms with Gasteiger partial charge in [0.25, 0.3) is 5.91 Å². The molecule has 240 valence electrons. The second kappa shape index (κ2) is 13.2. The highest BCUT2D eigenvalue weighted by Crippen LogP contribution is 2.39. The number of hydrogen-bond donors (Lipinski definition) is 2. The van der Waals surface area contributed by atoms with Gasteiger partial charge in [-0.1, -0.05) is 49.7 Å². The maximum atomic E-state index is 13.2. The SMILES string of the molecule is Cc1c(C(=O)Nc2ccc(-c3ccc(S(=O)(=O)NC(C(=O)OC(C)(C)C)C(C)C)cc3)cc2)oc2ccc(Cl)c(OC(C)C)c12. The van der Waals surface area contributed by atoms with Gasteiger partial charge in [0.2, 0.25) is 10.0 Å². The number of fused-ring (bicyclic) bond motifs is 1. The van der Waals surface area contributed by atoms with Crippen molar-refractivity contribution in [1.82, 2.24) is 4.72 Å². The van der Waals surface area contributed by atoms with Crippen LogP contribution in [0.15, 0.2) is 70.0 Å². The lowest BCUT2D eigenvalue weighted by atomic mass is 10.1. The standard InChI is InChI=1S/C34H39ClN2O7S/c1-19(2)29(33(39)44-34(6,7)8)37-45(40,41)25-15-11-23(12-16-25)22-9-13-24(14-10-22)36-32(38)30-21(5)28-27(43-30)18-17-26(35)31(28)42-20(3)4/h9-20,29,37H,1-8H3,(H,36,38). The largest absolute Gasteiger partial charge is 0.489 e. The van der Waals surface area contributed by atoms with Gasteiger partial charge in [0.05, 0.1) is 21.4 Å². The van der Waals surface area contributed by atoms with E-state index >= 15 is 0 Å². The fraction of sp³-hybridized carbons (Fsp3) is 0.353. The molecule has 3 aromatic carbocycles. The third kappa shape index (κ3) is 8.06. The molecular weight excluding hydrogens is 616 g/mol. The summed E-state index contributed by atoms with van der Waals surface area (Å²) in [5.74, 6) is -0.739. The van der Waals surface area contributed by atoms with Gasteiger partial charge in [-0.05, 0) is 95.0 Å². The molecular formula is C34H39ClN2O7S. The first-order valence-electron chi connectivity index (χ1n) is 14.6. The van der Waals surface area contributed by atoms with Crippen LogP contribution in [0.4, 0.5) is 5.69 Å². The van der Waals surface area contributed by atoms with Crippen molar-refractivity contribution in [2.24, 2.45) is 5.92 Å². The number of carbonyl (C=O) groups excluding carboxylic acids is 2. The quantitative estimate of drug-likeness (QED) is 0.168. The number of rotatable bonds is 10. The average molecular weight is 655 g/mol. The molecule has 0 aliphatic rings. The Labute approximate surface area is 269 Å². The molecule has 0 radical (unpaired) electrons. The van der Waals surface area contributed by atoms with Gasteiger partial charge in [-0.15, -0.1) is 0 Å². The van der Waals surface area contributed by atoms with Crippen LogP contribution in [0.5, 0.6) is 5.75 Å². The van der Waals surface area contributed by atoms with Gasteiger partial charge in [-0.25, -0.2) is 8.42 Å². The monoisotopic (exact) mass is 654 g/mol. The van der Waals surface area contributed by atoms with Gasteiger partial charge in [0.1, 0.15) is 23.0 Å². The summed E-state index contributed by atoms with van der Waals surface area (Å²) in [6.45, 7) is 14.3. The van der Waals surface area contributed by atoms with Crippen molar-refractivity contribution in [3.05, 3.63) is 77.0 Å². The Balaban J connectivity index is 1.48. The zero-order chi connectivity index (χ0) is 33.3. The van der Waals surface area contributed by atoms with E-state index in [4.69, 9.17) is 25.5 Å². The lowest BCUT2D eigenvalue weighted by molar-refractivity contribution is -0.158. The van der Waals surface area contributed by atoms with Crippen LogP contribution >= 0.6 is 11.6 Å². The van der Waals surface area contributed by atoms with E-state index in [9.17, 15) is 18.0 Å². The number of benzene rings is 3. The van der Waals surface area contributed by atoms with E-state index < -0.39 is 33.5 Å². The van der Waals surface area contributed by atoms with Crippen LogP contribution in [0.1, 0.15) is 64.6 Å². The number of ether oxygens (including phenoxy) is 2. The summed E-state index contributed by atoms with van der Waals surface area (Å²) < 4.78 is 45.9. The molecule has 0 aliphatic heterocycles. The molecule has 0 fully saturated rings. The minimum absolute atomic E-state index is 0.0220. The molecule has 0 saturated heterocycles. The second-order valence-corrected chi connectivity index (χ2v) is 14.5. The van der Waals surface area contributed by atoms with Gasteiger partial charge >= 0.3 is 5.97 Å². The van der Waals surface area contributed by atoms with E-state index in [0.717, 1.165) is 11.1 Å². The molecule has 2 N–H and O–H groups in total. The van der Waals surface area contributed by atoms with E-state index in [1.165, 1.54) is 12.1 Å². The molecule has 1 aromatic heterocycles. The van der Waals surface area contributed by atoms with Crippen LogP contribution in [0.3, 0.4) is 0 Å². The lowest BCUT2D eigenvalue weighted by Gasteiger charge is -2.26. The molecule has 1 atom stereocenters. The summed E-state index contributed by atoms with van der Waals surface area (Å²) in [5.41, 5.74) is 2.49. The van der Waals surface area contributed by atoms with E-state index in [1.807, 2.05) is 26.0 Å². The van der Waals surface area contributed by atoms with Crippen LogP contribution < -0.4 is 14.8 Å². The molecule has 4 aromatic rings. The molecule has 0 bridgehead atoms. The maximum absolute atomic E-state index is 13.2. The van der Waals surface area contributed by atoms with Gasteiger partial charge in [-0.2, -0.15) is 4.72 Å². The average Bonchev–Trinajstić information content (AvgIpc) is 3.29. The Bertz CT molecular complexity index is 1800. The molecule has 11 heteroatoms. The Morgan fingerprint density at radius 2 is 1.47 bits per heavy atom. The minimum atomic E-state index is -4.00. The molecule has 4 rings (SSSR count). The zero-order valence-corrected chi connectivity index (χ0v) is 28.2. The first-order chi connectivity index (χ1) is 21.0. The Kier molecular flexibility index (Phi) is 10.0. The van der Waals surface area contributed by atoms with Crippen molar-refractivity contribution in [3.8, 4) is 16.9 Å². The molecule has 1 heterocycles. The van der Waals surface area contributed by atoms with Crippen LogP contribution in [-0.4, -0.2) is 38.0 Å². The number of anilines is 1. The third-order valence-corrected chi connectivity index (χ3v) is 8.56. The number of sulfonamides is 1. The third-order valence-electron chi connectivity index (χ3n) is 6.81. The lowest BCUT2D eigenvalue weighted by Crippen LogP contribution is -2.47. The molecule has 1 unspecified atom stereocenters. The molecule has 0 saturated carbocycles. The summed E-state index contributed by atoms with van der Waals surface area (Å²) in [4.78, 5) is 25.8.